The summed E-state index contributed by atoms with van der Waals surface area (Å²) in [6.45, 7) is 1.37. The Balaban J connectivity index is 1.77. The number of benzene rings is 1. The van der Waals surface area contributed by atoms with Crippen LogP contribution < -0.4 is 10.1 Å². The molecule has 1 aromatic rings. The smallest absolute Gasteiger partial charge is 0.119 e. The molecule has 2 N–H and O–H groups in total. The summed E-state index contributed by atoms with van der Waals surface area (Å²) in [5, 5.41) is 13.1. The molecule has 0 aliphatic carbocycles. The highest BCUT2D eigenvalue weighted by Crippen LogP contribution is 2.12. The first kappa shape index (κ1) is 10.5. The van der Waals surface area contributed by atoms with Gasteiger partial charge in [-0.1, -0.05) is 18.2 Å². The largest absolute Gasteiger partial charge is 0.491 e. The Hall–Kier alpha value is -1.06. The predicted octanol–water partition coefficient (Wildman–Crippen LogP) is 1.18. The number of aliphatic hydroxyl groups is 1. The standard InChI is InChI=1S/C12H17NO2/c14-12(11-7-4-8-13-11)9-15-10-5-2-1-3-6-10/h1-3,5-6,11-14H,4,7-9H2/t11-,12?/m1/s1. The van der Waals surface area contributed by atoms with E-state index in [4.69, 9.17) is 4.74 Å². The molecule has 0 saturated carbocycles. The van der Waals surface area contributed by atoms with Crippen LogP contribution in [-0.4, -0.2) is 30.4 Å². The number of nitrogens with one attached hydrogen (secondary N) is 1. The fourth-order valence-electron chi connectivity index (χ4n) is 1.85. The molecule has 2 atom stereocenters. The molecular weight excluding hydrogens is 190 g/mol. The van der Waals surface area contributed by atoms with Crippen LogP contribution in [0.2, 0.25) is 0 Å². The summed E-state index contributed by atoms with van der Waals surface area (Å²) >= 11 is 0. The molecule has 0 spiro atoms. The molecule has 1 heterocycles. The third-order valence-electron chi connectivity index (χ3n) is 2.73. The summed E-state index contributed by atoms with van der Waals surface area (Å²) < 4.78 is 5.49. The van der Waals surface area contributed by atoms with Crippen molar-refractivity contribution in [1.82, 2.24) is 5.32 Å². The van der Waals surface area contributed by atoms with Gasteiger partial charge in [-0.3, -0.25) is 0 Å². The number of ether oxygens (including phenoxy) is 1. The summed E-state index contributed by atoms with van der Waals surface area (Å²) in [6, 6.07) is 9.80. The van der Waals surface area contributed by atoms with Crippen molar-refractivity contribution < 1.29 is 9.84 Å². The van der Waals surface area contributed by atoms with Gasteiger partial charge in [-0.15, -0.1) is 0 Å². The summed E-state index contributed by atoms with van der Waals surface area (Å²) in [5.41, 5.74) is 0. The minimum absolute atomic E-state index is 0.203. The van der Waals surface area contributed by atoms with Crippen molar-refractivity contribution in [2.24, 2.45) is 0 Å². The van der Waals surface area contributed by atoms with Gasteiger partial charge in [0.15, 0.2) is 0 Å². The normalized spacial score (nSPS) is 22.6. The number of hydrogen-bond acceptors (Lipinski definition) is 3. The molecule has 1 aromatic carbocycles. The minimum atomic E-state index is -0.410. The Morgan fingerprint density at radius 1 is 1.40 bits per heavy atom. The van der Waals surface area contributed by atoms with E-state index >= 15 is 0 Å². The minimum Gasteiger partial charge on any atom is -0.491 e. The Morgan fingerprint density at radius 2 is 2.20 bits per heavy atom. The van der Waals surface area contributed by atoms with Gasteiger partial charge in [0, 0.05) is 6.04 Å². The van der Waals surface area contributed by atoms with E-state index in [1.165, 1.54) is 0 Å². The van der Waals surface area contributed by atoms with Crippen molar-refractivity contribution in [3.63, 3.8) is 0 Å². The number of hydrogen-bond donors (Lipinski definition) is 2. The highest BCUT2D eigenvalue weighted by Gasteiger charge is 2.22. The van der Waals surface area contributed by atoms with Gasteiger partial charge in [-0.25, -0.2) is 0 Å². The molecule has 1 unspecified atom stereocenters. The van der Waals surface area contributed by atoms with Crippen molar-refractivity contribution in [3.8, 4) is 5.75 Å². The molecule has 1 aliphatic rings. The predicted molar refractivity (Wildman–Crippen MR) is 59.0 cm³/mol. The topological polar surface area (TPSA) is 41.5 Å². The maximum Gasteiger partial charge on any atom is 0.119 e. The molecular formula is C12H17NO2. The molecule has 0 radical (unpaired) electrons. The quantitative estimate of drug-likeness (QED) is 0.779. The van der Waals surface area contributed by atoms with E-state index in [9.17, 15) is 5.11 Å². The number of para-hydroxylation sites is 1. The zero-order valence-electron chi connectivity index (χ0n) is 8.73. The van der Waals surface area contributed by atoms with Crippen LogP contribution in [0.3, 0.4) is 0 Å². The maximum atomic E-state index is 9.82. The van der Waals surface area contributed by atoms with Crippen molar-refractivity contribution in [2.45, 2.75) is 25.0 Å². The van der Waals surface area contributed by atoms with Crippen LogP contribution in [0.4, 0.5) is 0 Å². The third-order valence-corrected chi connectivity index (χ3v) is 2.73. The SMILES string of the molecule is OC(COc1ccccc1)[C@H]1CCCN1. The molecule has 2 rings (SSSR count). The van der Waals surface area contributed by atoms with E-state index < -0.39 is 6.10 Å². The molecule has 0 aromatic heterocycles. The van der Waals surface area contributed by atoms with Crippen molar-refractivity contribution >= 4 is 0 Å². The Labute approximate surface area is 90.1 Å². The van der Waals surface area contributed by atoms with E-state index in [1.807, 2.05) is 30.3 Å². The average Bonchev–Trinajstić information content (AvgIpc) is 2.81. The molecule has 3 nitrogen and oxygen atoms in total. The average molecular weight is 207 g/mol. The molecule has 1 saturated heterocycles. The van der Waals surface area contributed by atoms with Gasteiger partial charge in [0.1, 0.15) is 18.5 Å². The Morgan fingerprint density at radius 3 is 2.87 bits per heavy atom. The summed E-state index contributed by atoms with van der Waals surface area (Å²) in [4.78, 5) is 0. The first-order valence-electron chi connectivity index (χ1n) is 5.45. The van der Waals surface area contributed by atoms with Gasteiger partial charge in [0.05, 0.1) is 0 Å². The lowest BCUT2D eigenvalue weighted by molar-refractivity contribution is 0.0792. The van der Waals surface area contributed by atoms with Gasteiger partial charge in [0.25, 0.3) is 0 Å². The van der Waals surface area contributed by atoms with Gasteiger partial charge >= 0.3 is 0 Å². The molecule has 3 heteroatoms. The van der Waals surface area contributed by atoms with Gasteiger partial charge in [-0.2, -0.15) is 0 Å². The molecule has 15 heavy (non-hydrogen) atoms. The van der Waals surface area contributed by atoms with Crippen LogP contribution in [0, 0.1) is 0 Å². The maximum absolute atomic E-state index is 9.82. The lowest BCUT2D eigenvalue weighted by Gasteiger charge is -2.18. The first-order valence-corrected chi connectivity index (χ1v) is 5.45. The molecule has 1 fully saturated rings. The van der Waals surface area contributed by atoms with Gasteiger partial charge in [0.2, 0.25) is 0 Å². The number of aliphatic hydroxyl groups excluding tert-OH is 1. The van der Waals surface area contributed by atoms with Crippen molar-refractivity contribution in [1.29, 1.82) is 0 Å². The summed E-state index contributed by atoms with van der Waals surface area (Å²) in [5.74, 6) is 0.814. The lowest BCUT2D eigenvalue weighted by atomic mass is 10.1. The molecule has 0 amide bonds. The van der Waals surface area contributed by atoms with E-state index in [-0.39, 0.29) is 6.04 Å². The highest BCUT2D eigenvalue weighted by molar-refractivity contribution is 5.20. The van der Waals surface area contributed by atoms with Crippen LogP contribution in [-0.2, 0) is 0 Å². The molecule has 0 bridgehead atoms. The first-order chi connectivity index (χ1) is 7.36. The molecule has 1 aliphatic heterocycles. The molecule has 82 valence electrons. The van der Waals surface area contributed by atoms with Crippen LogP contribution in [0.5, 0.6) is 5.75 Å². The van der Waals surface area contributed by atoms with Crippen LogP contribution in [0.25, 0.3) is 0 Å². The zero-order valence-corrected chi connectivity index (χ0v) is 8.73. The van der Waals surface area contributed by atoms with Crippen LogP contribution >= 0.6 is 0 Å². The van der Waals surface area contributed by atoms with E-state index in [0.717, 1.165) is 25.1 Å². The van der Waals surface area contributed by atoms with Crippen LogP contribution in [0.15, 0.2) is 30.3 Å². The van der Waals surface area contributed by atoms with E-state index in [2.05, 4.69) is 5.32 Å². The number of rotatable bonds is 4. The van der Waals surface area contributed by atoms with Crippen LogP contribution in [0.1, 0.15) is 12.8 Å². The fourth-order valence-corrected chi connectivity index (χ4v) is 1.85. The second-order valence-corrected chi connectivity index (χ2v) is 3.89. The fraction of sp³-hybridized carbons (Fsp3) is 0.500. The van der Waals surface area contributed by atoms with Gasteiger partial charge in [-0.05, 0) is 31.5 Å². The van der Waals surface area contributed by atoms with Crippen molar-refractivity contribution in [2.75, 3.05) is 13.2 Å². The summed E-state index contributed by atoms with van der Waals surface area (Å²) in [6.07, 6.45) is 1.78. The summed E-state index contributed by atoms with van der Waals surface area (Å²) in [7, 11) is 0. The van der Waals surface area contributed by atoms with Crippen molar-refractivity contribution in [3.05, 3.63) is 30.3 Å². The Kier molecular flexibility index (Phi) is 3.59. The van der Waals surface area contributed by atoms with E-state index in [1.54, 1.807) is 0 Å². The second kappa shape index (κ2) is 5.14. The second-order valence-electron chi connectivity index (χ2n) is 3.89. The van der Waals surface area contributed by atoms with Gasteiger partial charge < -0.3 is 15.2 Å². The van der Waals surface area contributed by atoms with E-state index in [0.29, 0.717) is 6.61 Å². The highest BCUT2D eigenvalue weighted by atomic mass is 16.5. The monoisotopic (exact) mass is 207 g/mol. The zero-order chi connectivity index (χ0) is 10.5. The Bertz CT molecular complexity index is 283. The third kappa shape index (κ3) is 2.94. The lowest BCUT2D eigenvalue weighted by Crippen LogP contribution is -2.38.